The summed E-state index contributed by atoms with van der Waals surface area (Å²) in [6.07, 6.45) is -2.40. The molecule has 0 radical (unpaired) electrons. The third kappa shape index (κ3) is 5.50. The number of hydrogen-bond donors (Lipinski definition) is 2. The highest BCUT2D eigenvalue weighted by molar-refractivity contribution is 6.01. The Kier molecular flexibility index (Phi) is 5.82. The Morgan fingerprint density at radius 2 is 1.96 bits per heavy atom. The molecule has 1 aromatic rings. The first-order chi connectivity index (χ1) is 12.5. The summed E-state index contributed by atoms with van der Waals surface area (Å²) in [5, 5.41) is 11.8. The van der Waals surface area contributed by atoms with Crippen LogP contribution in [0.15, 0.2) is 18.2 Å². The van der Waals surface area contributed by atoms with Crippen LogP contribution in [-0.4, -0.2) is 41.0 Å². The zero-order chi connectivity index (χ0) is 20.4. The first-order valence-corrected chi connectivity index (χ1v) is 8.50. The molecule has 0 saturated heterocycles. The van der Waals surface area contributed by atoms with Gasteiger partial charge in [0.25, 0.3) is 5.91 Å². The molecule has 0 aliphatic carbocycles. The van der Waals surface area contributed by atoms with Gasteiger partial charge in [-0.25, -0.2) is 9.59 Å². The van der Waals surface area contributed by atoms with Crippen molar-refractivity contribution in [2.24, 2.45) is 0 Å². The fourth-order valence-electron chi connectivity index (χ4n) is 2.52. The second-order valence-electron chi connectivity index (χ2n) is 7.35. The maximum absolute atomic E-state index is 12.7. The van der Waals surface area contributed by atoms with E-state index in [1.165, 1.54) is 0 Å². The highest BCUT2D eigenvalue weighted by Gasteiger charge is 2.38. The predicted octanol–water partition coefficient (Wildman–Crippen LogP) is 2.87. The van der Waals surface area contributed by atoms with Crippen molar-refractivity contribution >= 4 is 23.8 Å². The van der Waals surface area contributed by atoms with Crippen molar-refractivity contribution in [2.45, 2.75) is 58.8 Å². The van der Waals surface area contributed by atoms with E-state index in [1.807, 2.05) is 13.8 Å². The summed E-state index contributed by atoms with van der Waals surface area (Å²) in [6, 6.07) is 3.88. The molecule has 2 rings (SSSR count). The van der Waals surface area contributed by atoms with Gasteiger partial charge in [-0.05, 0) is 46.2 Å². The lowest BCUT2D eigenvalue weighted by molar-refractivity contribution is -0.128. The minimum atomic E-state index is -1.35. The maximum Gasteiger partial charge on any atom is 0.534 e. The number of anilines is 1. The number of rotatable bonds is 4. The number of nitrogens with one attached hydrogen (secondary N) is 1. The number of ether oxygens (including phenoxy) is 2. The molecule has 27 heavy (non-hydrogen) atoms. The molecule has 1 heterocycles. The predicted molar refractivity (Wildman–Crippen MR) is 95.7 cm³/mol. The average Bonchev–Trinajstić information content (AvgIpc) is 2.49. The van der Waals surface area contributed by atoms with Crippen LogP contribution in [0.2, 0.25) is 0 Å². The molecule has 2 N–H and O–H groups in total. The summed E-state index contributed by atoms with van der Waals surface area (Å²) in [5.41, 5.74) is 0.0977. The van der Waals surface area contributed by atoms with Gasteiger partial charge in [0.1, 0.15) is 17.4 Å². The van der Waals surface area contributed by atoms with Crippen LogP contribution in [0.25, 0.3) is 0 Å². The molecule has 9 heteroatoms. The van der Waals surface area contributed by atoms with E-state index in [0.717, 1.165) is 5.06 Å². The molecular weight excluding hydrogens is 356 g/mol. The number of carboxylic acid groups (broad SMARTS) is 1. The van der Waals surface area contributed by atoms with Crippen molar-refractivity contribution in [1.82, 2.24) is 5.32 Å². The van der Waals surface area contributed by atoms with Crippen LogP contribution in [0, 0.1) is 0 Å². The van der Waals surface area contributed by atoms with Gasteiger partial charge in [0.2, 0.25) is 0 Å². The second kappa shape index (κ2) is 7.73. The van der Waals surface area contributed by atoms with Gasteiger partial charge < -0.3 is 19.9 Å². The van der Waals surface area contributed by atoms with Gasteiger partial charge in [-0.3, -0.25) is 9.63 Å². The van der Waals surface area contributed by atoms with Gasteiger partial charge >= 0.3 is 12.2 Å². The SMILES string of the molecule is CC(C)Oc1ccc2c(c1)N(OC(=O)OC(C)(C)C)C(=O)[C@@H](NC(=O)O)C2. The Bertz CT molecular complexity index is 740. The van der Waals surface area contributed by atoms with Gasteiger partial charge in [-0.2, -0.15) is 0 Å². The van der Waals surface area contributed by atoms with Gasteiger partial charge in [-0.15, -0.1) is 5.06 Å². The van der Waals surface area contributed by atoms with Crippen molar-refractivity contribution < 1.29 is 33.8 Å². The van der Waals surface area contributed by atoms with E-state index >= 15 is 0 Å². The number of hydrogen-bond acceptors (Lipinski definition) is 6. The third-order valence-electron chi connectivity index (χ3n) is 3.42. The number of fused-ring (bicyclic) bond motifs is 1. The summed E-state index contributed by atoms with van der Waals surface area (Å²) in [5.74, 6) is -0.239. The molecule has 0 saturated carbocycles. The third-order valence-corrected chi connectivity index (χ3v) is 3.42. The van der Waals surface area contributed by atoms with Crippen LogP contribution < -0.4 is 15.1 Å². The largest absolute Gasteiger partial charge is 0.534 e. The van der Waals surface area contributed by atoms with E-state index < -0.39 is 29.8 Å². The van der Waals surface area contributed by atoms with E-state index in [-0.39, 0.29) is 12.5 Å². The van der Waals surface area contributed by atoms with Crippen LogP contribution in [0.4, 0.5) is 15.3 Å². The quantitative estimate of drug-likeness (QED) is 0.772. The summed E-state index contributed by atoms with van der Waals surface area (Å²) in [7, 11) is 0. The van der Waals surface area contributed by atoms with E-state index in [0.29, 0.717) is 17.0 Å². The Morgan fingerprint density at radius 3 is 2.52 bits per heavy atom. The monoisotopic (exact) mass is 380 g/mol. The Morgan fingerprint density at radius 1 is 1.30 bits per heavy atom. The van der Waals surface area contributed by atoms with Crippen LogP contribution in [-0.2, 0) is 20.8 Å². The first kappa shape index (κ1) is 20.3. The Labute approximate surface area is 157 Å². The molecule has 148 valence electrons. The Balaban J connectivity index is 2.36. The fourth-order valence-corrected chi connectivity index (χ4v) is 2.52. The summed E-state index contributed by atoms with van der Waals surface area (Å²) >= 11 is 0. The smallest absolute Gasteiger partial charge is 0.491 e. The molecule has 1 aromatic carbocycles. The lowest BCUT2D eigenvalue weighted by Crippen LogP contribution is -2.53. The maximum atomic E-state index is 12.7. The van der Waals surface area contributed by atoms with Crippen molar-refractivity contribution in [1.29, 1.82) is 0 Å². The van der Waals surface area contributed by atoms with E-state index in [9.17, 15) is 14.4 Å². The number of benzene rings is 1. The molecule has 0 bridgehead atoms. The van der Waals surface area contributed by atoms with Gasteiger partial charge in [0, 0.05) is 12.5 Å². The van der Waals surface area contributed by atoms with Crippen LogP contribution in [0.1, 0.15) is 40.2 Å². The molecule has 1 aliphatic heterocycles. The van der Waals surface area contributed by atoms with E-state index in [1.54, 1.807) is 39.0 Å². The molecule has 2 amide bonds. The number of nitrogens with zero attached hydrogens (tertiary/aromatic N) is 1. The molecule has 0 spiro atoms. The normalized spacial score (nSPS) is 16.6. The van der Waals surface area contributed by atoms with E-state index in [2.05, 4.69) is 5.32 Å². The average molecular weight is 380 g/mol. The second-order valence-corrected chi connectivity index (χ2v) is 7.35. The standard InChI is InChI=1S/C18H24N2O7/c1-10(2)25-12-7-6-11-8-13(19-16(22)23)15(21)20(14(11)9-12)27-17(24)26-18(3,4)5/h6-7,9-10,13,19H,8H2,1-5H3,(H,22,23)/t13-/m0/s1. The molecule has 9 nitrogen and oxygen atoms in total. The van der Waals surface area contributed by atoms with Crippen molar-refractivity contribution in [3.63, 3.8) is 0 Å². The summed E-state index contributed by atoms with van der Waals surface area (Å²) < 4.78 is 10.7. The van der Waals surface area contributed by atoms with Gasteiger partial charge in [-0.1, -0.05) is 6.07 Å². The summed E-state index contributed by atoms with van der Waals surface area (Å²) in [4.78, 5) is 40.8. The first-order valence-electron chi connectivity index (χ1n) is 8.50. The number of carbonyl (C=O) groups excluding carboxylic acids is 2. The van der Waals surface area contributed by atoms with Gasteiger partial charge in [0.15, 0.2) is 0 Å². The highest BCUT2D eigenvalue weighted by Crippen LogP contribution is 2.33. The van der Waals surface area contributed by atoms with Crippen molar-refractivity contribution in [2.75, 3.05) is 5.06 Å². The zero-order valence-corrected chi connectivity index (χ0v) is 15.9. The van der Waals surface area contributed by atoms with Crippen LogP contribution in [0.3, 0.4) is 0 Å². The molecule has 1 aliphatic rings. The number of hydroxylamine groups is 1. The highest BCUT2D eigenvalue weighted by atomic mass is 16.8. The molecular formula is C18H24N2O7. The molecule has 0 aromatic heterocycles. The topological polar surface area (TPSA) is 114 Å². The zero-order valence-electron chi connectivity index (χ0n) is 15.9. The van der Waals surface area contributed by atoms with E-state index in [4.69, 9.17) is 19.4 Å². The molecule has 1 atom stereocenters. The van der Waals surface area contributed by atoms with Crippen molar-refractivity contribution in [3.8, 4) is 5.75 Å². The number of carbonyl (C=O) groups is 3. The molecule has 0 unspecified atom stereocenters. The van der Waals surface area contributed by atoms with Crippen molar-refractivity contribution in [3.05, 3.63) is 23.8 Å². The number of amides is 2. The fraction of sp³-hybridized carbons (Fsp3) is 0.500. The minimum Gasteiger partial charge on any atom is -0.491 e. The summed E-state index contributed by atoms with van der Waals surface area (Å²) in [6.45, 7) is 8.68. The Hall–Kier alpha value is -2.97. The minimum absolute atomic E-state index is 0.0935. The van der Waals surface area contributed by atoms with Crippen LogP contribution in [0.5, 0.6) is 5.75 Å². The lowest BCUT2D eigenvalue weighted by Gasteiger charge is -2.32. The van der Waals surface area contributed by atoms with Crippen LogP contribution >= 0.6 is 0 Å². The van der Waals surface area contributed by atoms with Gasteiger partial charge in [0.05, 0.1) is 11.8 Å². The lowest BCUT2D eigenvalue weighted by atomic mass is 9.98. The molecule has 0 fully saturated rings.